The van der Waals surface area contributed by atoms with Crippen LogP contribution < -0.4 is 0 Å². The third-order valence-electron chi connectivity index (χ3n) is 4.83. The molecule has 0 aromatic heterocycles. The summed E-state index contributed by atoms with van der Waals surface area (Å²) in [6.07, 6.45) is 1.81. The molecule has 0 unspecified atom stereocenters. The topological polar surface area (TPSA) is 77.9 Å². The van der Waals surface area contributed by atoms with Crippen molar-refractivity contribution in [2.75, 3.05) is 19.7 Å². The Balaban J connectivity index is 1.78. The summed E-state index contributed by atoms with van der Waals surface area (Å²) in [6.45, 7) is 2.93. The average molecular weight is 380 g/mol. The predicted molar refractivity (Wildman–Crippen MR) is 105 cm³/mol. The molecule has 2 aromatic carbocycles. The zero-order valence-corrected chi connectivity index (χ0v) is 15.9. The number of unbranched alkanes of at least 4 members (excludes halogenated alkanes) is 1. The molecule has 0 saturated heterocycles. The predicted octanol–water partition coefficient (Wildman–Crippen LogP) is 2.72. The fourth-order valence-electron chi connectivity index (χ4n) is 3.34. The minimum Gasteiger partial charge on any atom is -0.395 e. The van der Waals surface area contributed by atoms with Gasteiger partial charge in [-0.25, -0.2) is 0 Å². The maximum atomic E-state index is 12.8. The van der Waals surface area contributed by atoms with Gasteiger partial charge in [-0.05, 0) is 36.2 Å². The number of fused-ring (bicyclic) bond motifs is 1. The molecule has 28 heavy (non-hydrogen) atoms. The molecule has 1 aliphatic rings. The highest BCUT2D eigenvalue weighted by atomic mass is 16.3. The molecule has 146 valence electrons. The van der Waals surface area contributed by atoms with Crippen LogP contribution in [0, 0.1) is 0 Å². The molecule has 0 bridgehead atoms. The van der Waals surface area contributed by atoms with Crippen molar-refractivity contribution in [1.82, 2.24) is 9.80 Å². The van der Waals surface area contributed by atoms with Gasteiger partial charge >= 0.3 is 0 Å². The summed E-state index contributed by atoms with van der Waals surface area (Å²) in [5, 5.41) is 9.24. The van der Waals surface area contributed by atoms with Gasteiger partial charge in [-0.3, -0.25) is 19.3 Å². The van der Waals surface area contributed by atoms with Gasteiger partial charge in [-0.1, -0.05) is 37.6 Å². The zero-order chi connectivity index (χ0) is 20.1. The van der Waals surface area contributed by atoms with E-state index in [0.717, 1.165) is 12.8 Å². The van der Waals surface area contributed by atoms with Crippen molar-refractivity contribution in [2.45, 2.75) is 26.3 Å². The van der Waals surface area contributed by atoms with Gasteiger partial charge in [0.05, 0.1) is 24.3 Å². The van der Waals surface area contributed by atoms with Gasteiger partial charge in [0.25, 0.3) is 17.7 Å². The van der Waals surface area contributed by atoms with E-state index in [4.69, 9.17) is 0 Å². The molecule has 2 aromatic rings. The molecule has 0 spiro atoms. The van der Waals surface area contributed by atoms with Crippen LogP contribution in [0.2, 0.25) is 0 Å². The van der Waals surface area contributed by atoms with Crippen LogP contribution in [-0.4, -0.2) is 52.3 Å². The maximum Gasteiger partial charge on any atom is 0.261 e. The van der Waals surface area contributed by atoms with Crippen molar-refractivity contribution in [2.24, 2.45) is 0 Å². The molecule has 6 heteroatoms. The van der Waals surface area contributed by atoms with E-state index < -0.39 is 0 Å². The lowest BCUT2D eigenvalue weighted by molar-refractivity contribution is 0.0642. The number of rotatable bonds is 8. The van der Waals surface area contributed by atoms with Gasteiger partial charge in [0, 0.05) is 18.7 Å². The van der Waals surface area contributed by atoms with Crippen LogP contribution in [0.5, 0.6) is 0 Å². The van der Waals surface area contributed by atoms with E-state index in [-0.39, 0.29) is 37.4 Å². The molecule has 0 aliphatic carbocycles. The van der Waals surface area contributed by atoms with E-state index >= 15 is 0 Å². The molecule has 1 aliphatic heterocycles. The summed E-state index contributed by atoms with van der Waals surface area (Å²) in [5.74, 6) is -0.795. The van der Waals surface area contributed by atoms with Crippen LogP contribution in [-0.2, 0) is 6.54 Å². The Bertz CT molecular complexity index is 859. The average Bonchev–Trinajstić information content (AvgIpc) is 2.96. The van der Waals surface area contributed by atoms with E-state index in [1.165, 1.54) is 4.90 Å². The van der Waals surface area contributed by atoms with Crippen LogP contribution in [0.3, 0.4) is 0 Å². The number of imide groups is 1. The lowest BCUT2D eigenvalue weighted by atomic mass is 10.1. The first-order valence-corrected chi connectivity index (χ1v) is 9.51. The van der Waals surface area contributed by atoms with Gasteiger partial charge in [0.1, 0.15) is 0 Å². The number of amides is 3. The standard InChI is InChI=1S/C22H24N2O4/c1-2-3-11-23(12-13-25)20(26)17-8-6-7-16(14-17)15-24-21(27)18-9-4-5-10-19(18)22(24)28/h4-10,14,25H,2-3,11-13,15H2,1H3. The highest BCUT2D eigenvalue weighted by Gasteiger charge is 2.35. The van der Waals surface area contributed by atoms with Crippen LogP contribution in [0.4, 0.5) is 0 Å². The van der Waals surface area contributed by atoms with Crippen molar-refractivity contribution in [3.63, 3.8) is 0 Å². The van der Waals surface area contributed by atoms with Gasteiger partial charge in [-0.2, -0.15) is 0 Å². The highest BCUT2D eigenvalue weighted by Crippen LogP contribution is 2.24. The number of benzene rings is 2. The second-order valence-electron chi connectivity index (χ2n) is 6.81. The molecular weight excluding hydrogens is 356 g/mol. The Labute approximate surface area is 164 Å². The Morgan fingerprint density at radius 3 is 2.29 bits per heavy atom. The van der Waals surface area contributed by atoms with Crippen LogP contribution in [0.1, 0.15) is 56.4 Å². The lowest BCUT2D eigenvalue weighted by Crippen LogP contribution is -2.34. The molecule has 1 heterocycles. The molecule has 0 radical (unpaired) electrons. The molecule has 0 saturated carbocycles. The first kappa shape index (κ1) is 19.8. The first-order chi connectivity index (χ1) is 13.6. The summed E-state index contributed by atoms with van der Waals surface area (Å²) in [7, 11) is 0. The van der Waals surface area contributed by atoms with Gasteiger partial charge in [0.15, 0.2) is 0 Å². The number of aliphatic hydroxyl groups is 1. The molecule has 6 nitrogen and oxygen atoms in total. The number of carbonyl (C=O) groups excluding carboxylic acids is 3. The number of aliphatic hydroxyl groups excluding tert-OH is 1. The highest BCUT2D eigenvalue weighted by molar-refractivity contribution is 6.21. The molecule has 3 rings (SSSR count). The molecule has 3 amide bonds. The largest absolute Gasteiger partial charge is 0.395 e. The quantitative estimate of drug-likeness (QED) is 0.715. The SMILES string of the molecule is CCCCN(CCO)C(=O)c1cccc(CN2C(=O)c3ccccc3C2=O)c1. The van der Waals surface area contributed by atoms with Gasteiger partial charge in [-0.15, -0.1) is 0 Å². The third kappa shape index (κ3) is 3.97. The van der Waals surface area contributed by atoms with E-state index in [2.05, 4.69) is 0 Å². The fourth-order valence-corrected chi connectivity index (χ4v) is 3.34. The van der Waals surface area contributed by atoms with Crippen LogP contribution in [0.25, 0.3) is 0 Å². The Kier molecular flexibility index (Phi) is 6.21. The first-order valence-electron chi connectivity index (χ1n) is 9.51. The van der Waals surface area contributed by atoms with Crippen molar-refractivity contribution in [3.05, 3.63) is 70.8 Å². The second-order valence-corrected chi connectivity index (χ2v) is 6.81. The summed E-state index contributed by atoms with van der Waals surface area (Å²) < 4.78 is 0. The van der Waals surface area contributed by atoms with Gasteiger partial charge in [0.2, 0.25) is 0 Å². The maximum absolute atomic E-state index is 12.8. The third-order valence-corrected chi connectivity index (χ3v) is 4.83. The number of hydrogen-bond donors (Lipinski definition) is 1. The molecular formula is C22H24N2O4. The van der Waals surface area contributed by atoms with E-state index in [1.54, 1.807) is 53.4 Å². The van der Waals surface area contributed by atoms with Crippen molar-refractivity contribution < 1.29 is 19.5 Å². The summed E-state index contributed by atoms with van der Waals surface area (Å²) >= 11 is 0. The van der Waals surface area contributed by atoms with Crippen LogP contribution >= 0.6 is 0 Å². The summed E-state index contributed by atoms with van der Waals surface area (Å²) in [6, 6.07) is 13.7. The zero-order valence-electron chi connectivity index (χ0n) is 15.9. The van der Waals surface area contributed by atoms with E-state index in [0.29, 0.717) is 28.8 Å². The summed E-state index contributed by atoms with van der Waals surface area (Å²) in [4.78, 5) is 40.7. The minimum atomic E-state index is -0.317. The molecule has 1 N–H and O–H groups in total. The monoisotopic (exact) mass is 380 g/mol. The normalized spacial score (nSPS) is 13.0. The Morgan fingerprint density at radius 1 is 1.00 bits per heavy atom. The van der Waals surface area contributed by atoms with Crippen LogP contribution in [0.15, 0.2) is 48.5 Å². The second kappa shape index (κ2) is 8.80. The van der Waals surface area contributed by atoms with E-state index in [9.17, 15) is 19.5 Å². The number of nitrogens with zero attached hydrogens (tertiary/aromatic N) is 2. The van der Waals surface area contributed by atoms with E-state index in [1.807, 2.05) is 6.92 Å². The summed E-state index contributed by atoms with van der Waals surface area (Å²) in [5.41, 5.74) is 2.01. The smallest absolute Gasteiger partial charge is 0.261 e. The molecule has 0 fully saturated rings. The van der Waals surface area contributed by atoms with Crippen molar-refractivity contribution in [1.29, 1.82) is 0 Å². The van der Waals surface area contributed by atoms with Crippen molar-refractivity contribution >= 4 is 17.7 Å². The number of carbonyl (C=O) groups is 3. The molecule has 0 atom stereocenters. The lowest BCUT2D eigenvalue weighted by Gasteiger charge is -2.22. The van der Waals surface area contributed by atoms with Gasteiger partial charge < -0.3 is 10.0 Å². The minimum absolute atomic E-state index is 0.0931. The number of hydrogen-bond acceptors (Lipinski definition) is 4. The van der Waals surface area contributed by atoms with Crippen molar-refractivity contribution in [3.8, 4) is 0 Å². The Hall–Kier alpha value is -2.99. The fraction of sp³-hybridized carbons (Fsp3) is 0.318. The Morgan fingerprint density at radius 2 is 1.68 bits per heavy atom.